The summed E-state index contributed by atoms with van der Waals surface area (Å²) in [5.74, 6) is 0.261. The molecule has 1 saturated carbocycles. The zero-order chi connectivity index (χ0) is 14.8. The summed E-state index contributed by atoms with van der Waals surface area (Å²) < 4.78 is 0. The number of rotatable bonds is 4. The van der Waals surface area contributed by atoms with Crippen molar-refractivity contribution in [3.8, 4) is 0 Å². The lowest BCUT2D eigenvalue weighted by molar-refractivity contribution is 0.0950. The molecule has 2 amide bonds. The molecule has 2 heterocycles. The first-order valence-electron chi connectivity index (χ1n) is 6.99. The lowest BCUT2D eigenvalue weighted by Crippen LogP contribution is -2.30. The minimum Gasteiger partial charge on any atom is -0.465 e. The first-order chi connectivity index (χ1) is 10.1. The monoisotopic (exact) mass is 291 g/mol. The summed E-state index contributed by atoms with van der Waals surface area (Å²) in [6, 6.07) is 0.308. The van der Waals surface area contributed by atoms with Gasteiger partial charge in [-0.1, -0.05) is 0 Å². The number of aromatic nitrogens is 2. The molecule has 8 nitrogen and oxygen atoms in total. The van der Waals surface area contributed by atoms with Gasteiger partial charge in [-0.05, 0) is 19.3 Å². The number of carbonyl (C=O) groups is 2. The number of hydrogen-bond donors (Lipinski definition) is 3. The molecular formula is C13H17N5O3. The van der Waals surface area contributed by atoms with Crippen LogP contribution in [-0.2, 0) is 0 Å². The van der Waals surface area contributed by atoms with Gasteiger partial charge in [0.1, 0.15) is 0 Å². The second kappa shape index (κ2) is 5.55. The van der Waals surface area contributed by atoms with Crippen molar-refractivity contribution in [1.29, 1.82) is 0 Å². The van der Waals surface area contributed by atoms with E-state index in [1.807, 2.05) is 0 Å². The molecule has 1 atom stereocenters. The molecule has 112 valence electrons. The fraction of sp³-hybridized carbons (Fsp3) is 0.538. The highest BCUT2D eigenvalue weighted by molar-refractivity contribution is 5.94. The Morgan fingerprint density at radius 3 is 2.48 bits per heavy atom. The maximum atomic E-state index is 11.8. The van der Waals surface area contributed by atoms with Gasteiger partial charge < -0.3 is 20.6 Å². The molecule has 1 saturated heterocycles. The Balaban J connectivity index is 1.54. The SMILES string of the molecule is O=C(NC1CC1)c1cnc(NC2CCN(C(=O)O)C2)nc1. The van der Waals surface area contributed by atoms with E-state index in [0.29, 0.717) is 30.6 Å². The molecule has 1 unspecified atom stereocenters. The fourth-order valence-corrected chi connectivity index (χ4v) is 2.25. The van der Waals surface area contributed by atoms with Gasteiger partial charge in [0, 0.05) is 37.6 Å². The van der Waals surface area contributed by atoms with Crippen LogP contribution in [0.4, 0.5) is 10.7 Å². The molecule has 1 aliphatic carbocycles. The van der Waals surface area contributed by atoms with E-state index in [1.54, 1.807) is 0 Å². The van der Waals surface area contributed by atoms with Gasteiger partial charge in [0.2, 0.25) is 5.95 Å². The van der Waals surface area contributed by atoms with Crippen molar-refractivity contribution >= 4 is 17.9 Å². The smallest absolute Gasteiger partial charge is 0.407 e. The first kappa shape index (κ1) is 13.6. The Morgan fingerprint density at radius 2 is 1.90 bits per heavy atom. The van der Waals surface area contributed by atoms with E-state index in [-0.39, 0.29) is 11.9 Å². The Bertz CT molecular complexity index is 543. The molecule has 0 aromatic carbocycles. The van der Waals surface area contributed by atoms with Crippen LogP contribution in [-0.4, -0.2) is 57.1 Å². The summed E-state index contributed by atoms with van der Waals surface area (Å²) >= 11 is 0. The lowest BCUT2D eigenvalue weighted by atomic mass is 10.3. The average molecular weight is 291 g/mol. The van der Waals surface area contributed by atoms with E-state index in [2.05, 4.69) is 20.6 Å². The molecule has 21 heavy (non-hydrogen) atoms. The predicted octanol–water partition coefficient (Wildman–Crippen LogP) is 0.533. The molecule has 0 bridgehead atoms. The topological polar surface area (TPSA) is 107 Å². The van der Waals surface area contributed by atoms with Gasteiger partial charge in [0.15, 0.2) is 0 Å². The number of carboxylic acid groups (broad SMARTS) is 1. The number of hydrogen-bond acceptors (Lipinski definition) is 5. The molecule has 0 spiro atoms. The van der Waals surface area contributed by atoms with Crippen molar-refractivity contribution in [3.05, 3.63) is 18.0 Å². The zero-order valence-electron chi connectivity index (χ0n) is 11.5. The molecule has 3 rings (SSSR count). The Morgan fingerprint density at radius 1 is 1.19 bits per heavy atom. The van der Waals surface area contributed by atoms with Crippen LogP contribution in [0.5, 0.6) is 0 Å². The average Bonchev–Trinajstić information content (AvgIpc) is 3.15. The van der Waals surface area contributed by atoms with E-state index in [1.165, 1.54) is 17.3 Å². The molecule has 3 N–H and O–H groups in total. The molecular weight excluding hydrogens is 274 g/mol. The van der Waals surface area contributed by atoms with E-state index >= 15 is 0 Å². The van der Waals surface area contributed by atoms with Crippen LogP contribution in [0, 0.1) is 0 Å². The van der Waals surface area contributed by atoms with Crippen LogP contribution in [0.2, 0.25) is 0 Å². The number of likely N-dealkylation sites (tertiary alicyclic amines) is 1. The Labute approximate surface area is 121 Å². The summed E-state index contributed by atoms with van der Waals surface area (Å²) in [5.41, 5.74) is 0.436. The van der Waals surface area contributed by atoms with Crippen molar-refractivity contribution in [1.82, 2.24) is 20.2 Å². The van der Waals surface area contributed by atoms with Gasteiger partial charge in [-0.25, -0.2) is 14.8 Å². The maximum absolute atomic E-state index is 11.8. The third kappa shape index (κ3) is 3.39. The van der Waals surface area contributed by atoms with Crippen molar-refractivity contribution in [2.45, 2.75) is 31.3 Å². The summed E-state index contributed by atoms with van der Waals surface area (Å²) in [4.78, 5) is 32.2. The van der Waals surface area contributed by atoms with Crippen molar-refractivity contribution in [2.24, 2.45) is 0 Å². The quantitative estimate of drug-likeness (QED) is 0.747. The maximum Gasteiger partial charge on any atom is 0.407 e. The van der Waals surface area contributed by atoms with Crippen LogP contribution in [0.15, 0.2) is 12.4 Å². The summed E-state index contributed by atoms with van der Waals surface area (Å²) in [7, 11) is 0. The molecule has 1 aliphatic heterocycles. The highest BCUT2D eigenvalue weighted by atomic mass is 16.4. The molecule has 0 radical (unpaired) electrons. The van der Waals surface area contributed by atoms with Gasteiger partial charge in [-0.3, -0.25) is 4.79 Å². The van der Waals surface area contributed by atoms with Crippen LogP contribution in [0.3, 0.4) is 0 Å². The number of amides is 2. The summed E-state index contributed by atoms with van der Waals surface area (Å²) in [5, 5.41) is 14.8. The first-order valence-corrected chi connectivity index (χ1v) is 6.99. The van der Waals surface area contributed by atoms with Crippen molar-refractivity contribution in [2.75, 3.05) is 18.4 Å². The highest BCUT2D eigenvalue weighted by Crippen LogP contribution is 2.19. The van der Waals surface area contributed by atoms with Crippen molar-refractivity contribution in [3.63, 3.8) is 0 Å². The largest absolute Gasteiger partial charge is 0.465 e. The Kier molecular flexibility index (Phi) is 3.59. The standard InChI is InChI=1S/C13H17N5O3/c19-11(16-9-1-2-9)8-5-14-12(15-6-8)17-10-3-4-18(7-10)13(20)21/h5-6,9-10H,1-4,7H2,(H,16,19)(H,20,21)(H,14,15,17). The third-order valence-corrected chi connectivity index (χ3v) is 3.62. The third-order valence-electron chi connectivity index (χ3n) is 3.62. The fourth-order valence-electron chi connectivity index (χ4n) is 2.25. The van der Waals surface area contributed by atoms with Crippen LogP contribution in [0.25, 0.3) is 0 Å². The number of nitrogens with zero attached hydrogens (tertiary/aromatic N) is 3. The van der Waals surface area contributed by atoms with E-state index in [4.69, 9.17) is 5.11 Å². The van der Waals surface area contributed by atoms with Gasteiger partial charge in [0.05, 0.1) is 5.56 Å². The van der Waals surface area contributed by atoms with Gasteiger partial charge in [-0.15, -0.1) is 0 Å². The molecule has 2 fully saturated rings. The number of nitrogens with one attached hydrogen (secondary N) is 2. The van der Waals surface area contributed by atoms with Crippen LogP contribution < -0.4 is 10.6 Å². The predicted molar refractivity (Wildman–Crippen MR) is 74.1 cm³/mol. The Hall–Kier alpha value is -2.38. The minimum absolute atomic E-state index is 0.00670. The van der Waals surface area contributed by atoms with Gasteiger partial charge >= 0.3 is 6.09 Å². The minimum atomic E-state index is -0.910. The zero-order valence-corrected chi connectivity index (χ0v) is 11.5. The molecule has 1 aromatic heterocycles. The molecule has 8 heteroatoms. The van der Waals surface area contributed by atoms with Crippen molar-refractivity contribution < 1.29 is 14.7 Å². The number of anilines is 1. The van der Waals surface area contributed by atoms with Crippen LogP contribution >= 0.6 is 0 Å². The van der Waals surface area contributed by atoms with E-state index < -0.39 is 6.09 Å². The highest BCUT2D eigenvalue weighted by Gasteiger charge is 2.26. The second-order valence-corrected chi connectivity index (χ2v) is 5.40. The normalized spacial score (nSPS) is 21.1. The molecule has 1 aromatic rings. The number of carbonyl (C=O) groups excluding carboxylic acids is 1. The summed E-state index contributed by atoms with van der Waals surface area (Å²) in [6.45, 7) is 0.928. The van der Waals surface area contributed by atoms with E-state index in [9.17, 15) is 9.59 Å². The second-order valence-electron chi connectivity index (χ2n) is 5.40. The van der Waals surface area contributed by atoms with Crippen LogP contribution in [0.1, 0.15) is 29.6 Å². The van der Waals surface area contributed by atoms with Gasteiger partial charge in [-0.2, -0.15) is 0 Å². The lowest BCUT2D eigenvalue weighted by Gasteiger charge is -2.13. The molecule has 2 aliphatic rings. The van der Waals surface area contributed by atoms with E-state index in [0.717, 1.165) is 19.3 Å². The van der Waals surface area contributed by atoms with Gasteiger partial charge in [0.25, 0.3) is 5.91 Å². The summed E-state index contributed by atoms with van der Waals surface area (Å²) in [6.07, 6.45) is 4.85.